The molecule has 2 aromatic rings. The van der Waals surface area contributed by atoms with E-state index in [2.05, 4.69) is 5.32 Å². The predicted molar refractivity (Wildman–Crippen MR) is 98.7 cm³/mol. The molecule has 1 aliphatic carbocycles. The minimum atomic E-state index is -1.01. The molecular weight excluding hydrogens is 360 g/mol. The molecule has 1 aromatic carbocycles. The second kappa shape index (κ2) is 7.88. The van der Waals surface area contributed by atoms with Gasteiger partial charge in [0.25, 0.3) is 5.91 Å². The van der Waals surface area contributed by atoms with Crippen LogP contribution in [-0.4, -0.2) is 35.3 Å². The lowest BCUT2D eigenvalue weighted by molar-refractivity contribution is -0.160. The van der Waals surface area contributed by atoms with Gasteiger partial charge < -0.3 is 19.4 Å². The van der Waals surface area contributed by atoms with E-state index < -0.39 is 18.0 Å². The van der Waals surface area contributed by atoms with Gasteiger partial charge >= 0.3 is 5.97 Å². The van der Waals surface area contributed by atoms with E-state index in [1.807, 2.05) is 6.07 Å². The Bertz CT molecular complexity index is 845. The number of furan rings is 1. The number of esters is 1. The average Bonchev–Trinajstić information content (AvgIpc) is 3.21. The Morgan fingerprint density at radius 3 is 2.64 bits per heavy atom. The SMILES string of the molecule is O=C(O[C@H](C(=O)NC1CC1)c1ccccc1)[C@H]1CC(=O)N(Cc2ccco2)C1. The van der Waals surface area contributed by atoms with E-state index in [0.29, 0.717) is 17.9 Å². The summed E-state index contributed by atoms with van der Waals surface area (Å²) in [6.45, 7) is 0.573. The maximum Gasteiger partial charge on any atom is 0.312 e. The van der Waals surface area contributed by atoms with E-state index in [0.717, 1.165) is 12.8 Å². The molecule has 0 unspecified atom stereocenters. The predicted octanol–water partition coefficient (Wildman–Crippen LogP) is 2.19. The third kappa shape index (κ3) is 4.24. The molecule has 1 aromatic heterocycles. The van der Waals surface area contributed by atoms with Crippen molar-refractivity contribution in [3.05, 3.63) is 60.1 Å². The van der Waals surface area contributed by atoms with Crippen LogP contribution in [0.2, 0.25) is 0 Å². The molecule has 2 atom stereocenters. The minimum absolute atomic E-state index is 0.0747. The molecule has 1 N–H and O–H groups in total. The van der Waals surface area contributed by atoms with Crippen molar-refractivity contribution in [1.29, 1.82) is 0 Å². The molecule has 7 nitrogen and oxygen atoms in total. The smallest absolute Gasteiger partial charge is 0.312 e. The molecule has 7 heteroatoms. The van der Waals surface area contributed by atoms with Gasteiger partial charge in [-0.05, 0) is 25.0 Å². The van der Waals surface area contributed by atoms with Crippen molar-refractivity contribution in [2.45, 2.75) is 38.0 Å². The van der Waals surface area contributed by atoms with E-state index >= 15 is 0 Å². The summed E-state index contributed by atoms with van der Waals surface area (Å²) in [4.78, 5) is 39.2. The second-order valence-corrected chi connectivity index (χ2v) is 7.27. The number of nitrogens with zero attached hydrogens (tertiary/aromatic N) is 1. The largest absolute Gasteiger partial charge is 0.467 e. The first-order valence-corrected chi connectivity index (χ1v) is 9.46. The van der Waals surface area contributed by atoms with Crippen LogP contribution in [0, 0.1) is 5.92 Å². The van der Waals surface area contributed by atoms with Crippen LogP contribution in [0.25, 0.3) is 0 Å². The van der Waals surface area contributed by atoms with Crippen molar-refractivity contribution in [2.75, 3.05) is 6.54 Å². The number of benzene rings is 1. The molecular formula is C21H22N2O5. The quantitative estimate of drug-likeness (QED) is 0.742. The lowest BCUT2D eigenvalue weighted by Crippen LogP contribution is -2.35. The van der Waals surface area contributed by atoms with Crippen molar-refractivity contribution in [2.24, 2.45) is 5.92 Å². The summed E-state index contributed by atoms with van der Waals surface area (Å²) in [7, 11) is 0. The molecule has 28 heavy (non-hydrogen) atoms. The normalized spacial score (nSPS) is 20.1. The second-order valence-electron chi connectivity index (χ2n) is 7.27. The molecule has 2 amide bonds. The fraction of sp³-hybridized carbons (Fsp3) is 0.381. The molecule has 4 rings (SSSR count). The fourth-order valence-corrected chi connectivity index (χ4v) is 3.29. The summed E-state index contributed by atoms with van der Waals surface area (Å²) in [5.74, 6) is -0.915. The Morgan fingerprint density at radius 2 is 1.96 bits per heavy atom. The van der Waals surface area contributed by atoms with Gasteiger partial charge in [-0.15, -0.1) is 0 Å². The molecule has 0 radical (unpaired) electrons. The maximum absolute atomic E-state index is 12.7. The molecule has 1 saturated heterocycles. The van der Waals surface area contributed by atoms with Gasteiger partial charge in [-0.2, -0.15) is 0 Å². The molecule has 146 valence electrons. The Morgan fingerprint density at radius 1 is 1.18 bits per heavy atom. The highest BCUT2D eigenvalue weighted by Crippen LogP contribution is 2.27. The molecule has 1 saturated carbocycles. The number of hydrogen-bond donors (Lipinski definition) is 1. The first-order valence-electron chi connectivity index (χ1n) is 9.46. The summed E-state index contributed by atoms with van der Waals surface area (Å²) < 4.78 is 10.9. The van der Waals surface area contributed by atoms with Crippen molar-refractivity contribution >= 4 is 17.8 Å². The van der Waals surface area contributed by atoms with Crippen LogP contribution in [0.4, 0.5) is 0 Å². The van der Waals surface area contributed by atoms with Crippen molar-refractivity contribution in [3.63, 3.8) is 0 Å². The first-order chi connectivity index (χ1) is 13.6. The van der Waals surface area contributed by atoms with Gasteiger partial charge in [0.2, 0.25) is 12.0 Å². The Hall–Kier alpha value is -3.09. The van der Waals surface area contributed by atoms with Gasteiger partial charge in [-0.3, -0.25) is 14.4 Å². The van der Waals surface area contributed by atoms with Crippen molar-refractivity contribution < 1.29 is 23.5 Å². The van der Waals surface area contributed by atoms with Crippen LogP contribution < -0.4 is 5.32 Å². The number of carbonyl (C=O) groups excluding carboxylic acids is 3. The van der Waals surface area contributed by atoms with E-state index in [1.54, 1.807) is 47.6 Å². The van der Waals surface area contributed by atoms with Crippen LogP contribution in [0.1, 0.15) is 36.7 Å². The third-order valence-electron chi connectivity index (χ3n) is 4.97. The molecule has 1 aliphatic heterocycles. The summed E-state index contributed by atoms with van der Waals surface area (Å²) in [6, 6.07) is 12.6. The Balaban J connectivity index is 1.42. The number of ether oxygens (including phenoxy) is 1. The van der Waals surface area contributed by atoms with Gasteiger partial charge in [0, 0.05) is 24.6 Å². The van der Waals surface area contributed by atoms with Crippen molar-refractivity contribution in [3.8, 4) is 0 Å². The fourth-order valence-electron chi connectivity index (χ4n) is 3.29. The van der Waals surface area contributed by atoms with Crippen LogP contribution in [-0.2, 0) is 25.7 Å². The Labute approximate surface area is 162 Å². The molecule has 0 bridgehead atoms. The number of hydrogen-bond acceptors (Lipinski definition) is 5. The highest BCUT2D eigenvalue weighted by Gasteiger charge is 2.38. The molecule has 2 heterocycles. The minimum Gasteiger partial charge on any atom is -0.467 e. The van der Waals surface area contributed by atoms with E-state index in [1.165, 1.54) is 0 Å². The van der Waals surface area contributed by atoms with Crippen molar-refractivity contribution in [1.82, 2.24) is 10.2 Å². The molecule has 0 spiro atoms. The number of rotatable bonds is 7. The Kier molecular flexibility index (Phi) is 5.14. The van der Waals surface area contributed by atoms with Gasteiger partial charge in [0.1, 0.15) is 5.76 Å². The van der Waals surface area contributed by atoms with Crippen LogP contribution in [0.15, 0.2) is 53.1 Å². The van der Waals surface area contributed by atoms with Gasteiger partial charge in [-0.1, -0.05) is 30.3 Å². The monoisotopic (exact) mass is 382 g/mol. The van der Waals surface area contributed by atoms with Crippen LogP contribution >= 0.6 is 0 Å². The zero-order valence-electron chi connectivity index (χ0n) is 15.4. The van der Waals surface area contributed by atoms with Gasteiger partial charge in [-0.25, -0.2) is 0 Å². The lowest BCUT2D eigenvalue weighted by Gasteiger charge is -2.20. The first kappa shape index (κ1) is 18.3. The zero-order valence-corrected chi connectivity index (χ0v) is 15.4. The topological polar surface area (TPSA) is 88.8 Å². The summed E-state index contributed by atoms with van der Waals surface area (Å²) in [5.41, 5.74) is 0.616. The number of amides is 2. The van der Waals surface area contributed by atoms with E-state index in [4.69, 9.17) is 9.15 Å². The highest BCUT2D eigenvalue weighted by atomic mass is 16.5. The number of nitrogens with one attached hydrogen (secondary N) is 1. The third-order valence-corrected chi connectivity index (χ3v) is 4.97. The highest BCUT2D eigenvalue weighted by molar-refractivity contribution is 5.89. The van der Waals surface area contributed by atoms with Crippen LogP contribution in [0.5, 0.6) is 0 Å². The van der Waals surface area contributed by atoms with Gasteiger partial charge in [0.15, 0.2) is 0 Å². The summed E-state index contributed by atoms with van der Waals surface area (Å²) in [6.07, 6.45) is 2.50. The lowest BCUT2D eigenvalue weighted by atomic mass is 10.1. The molecule has 2 aliphatic rings. The number of likely N-dealkylation sites (tertiary alicyclic amines) is 1. The summed E-state index contributed by atoms with van der Waals surface area (Å²) in [5, 5.41) is 2.89. The van der Waals surface area contributed by atoms with E-state index in [-0.39, 0.29) is 30.8 Å². The standard InChI is InChI=1S/C21H22N2O5/c24-18-11-15(12-23(18)13-17-7-4-10-27-17)21(26)28-19(14-5-2-1-3-6-14)20(25)22-16-8-9-16/h1-7,10,15-16,19H,8-9,11-13H2,(H,22,25)/t15-,19-/m0/s1. The maximum atomic E-state index is 12.7. The average molecular weight is 382 g/mol. The molecule has 2 fully saturated rings. The zero-order chi connectivity index (χ0) is 19.5. The number of carbonyl (C=O) groups is 3. The van der Waals surface area contributed by atoms with Crippen LogP contribution in [0.3, 0.4) is 0 Å². The van der Waals surface area contributed by atoms with Gasteiger partial charge in [0.05, 0.1) is 18.7 Å². The summed E-state index contributed by atoms with van der Waals surface area (Å²) >= 11 is 0. The van der Waals surface area contributed by atoms with E-state index in [9.17, 15) is 14.4 Å².